The molecular weight excluding hydrogens is 356 g/mol. The molecule has 1 atom stereocenters. The van der Waals surface area contributed by atoms with Crippen molar-refractivity contribution in [1.29, 1.82) is 0 Å². The first-order valence-electron chi connectivity index (χ1n) is 7.85. The van der Waals surface area contributed by atoms with Crippen LogP contribution in [-0.4, -0.2) is 38.2 Å². The van der Waals surface area contributed by atoms with Crippen molar-refractivity contribution in [1.82, 2.24) is 5.32 Å². The lowest BCUT2D eigenvalue weighted by Crippen LogP contribution is -2.40. The summed E-state index contributed by atoms with van der Waals surface area (Å²) in [6.45, 7) is 1.43. The molecule has 1 aromatic rings. The predicted molar refractivity (Wildman–Crippen MR) is 84.9 cm³/mol. The van der Waals surface area contributed by atoms with Crippen LogP contribution in [0.4, 0.5) is 8.78 Å². The molecule has 1 amide bonds. The minimum absolute atomic E-state index is 0.0336. The van der Waals surface area contributed by atoms with Gasteiger partial charge >= 0.3 is 11.7 Å². The summed E-state index contributed by atoms with van der Waals surface area (Å²) < 4.78 is 52.6. The number of hydrogen-bond acceptors (Lipinski definition) is 5. The Morgan fingerprint density at radius 1 is 1.16 bits per heavy atom. The van der Waals surface area contributed by atoms with Crippen LogP contribution in [0.2, 0.25) is 0 Å². The van der Waals surface area contributed by atoms with Crippen molar-refractivity contribution in [3.8, 4) is 0 Å². The molecule has 0 bridgehead atoms. The highest BCUT2D eigenvalue weighted by atomic mass is 32.2. The van der Waals surface area contributed by atoms with E-state index in [1.165, 1.54) is 6.92 Å². The van der Waals surface area contributed by atoms with E-state index in [9.17, 15) is 26.8 Å². The van der Waals surface area contributed by atoms with Crippen molar-refractivity contribution in [2.24, 2.45) is 0 Å². The van der Waals surface area contributed by atoms with Crippen molar-refractivity contribution in [3.63, 3.8) is 0 Å². The van der Waals surface area contributed by atoms with Crippen molar-refractivity contribution in [3.05, 3.63) is 29.8 Å². The van der Waals surface area contributed by atoms with Crippen LogP contribution in [0.3, 0.4) is 0 Å². The Hall–Kier alpha value is -2.03. The molecule has 1 fully saturated rings. The smallest absolute Gasteiger partial charge is 0.341 e. The van der Waals surface area contributed by atoms with Gasteiger partial charge in [-0.3, -0.25) is 4.79 Å². The molecule has 1 aliphatic rings. The van der Waals surface area contributed by atoms with E-state index in [1.807, 2.05) is 0 Å². The molecular formula is C16H19F2NO5S. The van der Waals surface area contributed by atoms with Crippen LogP contribution >= 0.6 is 0 Å². The van der Waals surface area contributed by atoms with Crippen LogP contribution in [0.1, 0.15) is 43.0 Å². The highest BCUT2D eigenvalue weighted by Crippen LogP contribution is 2.20. The standard InChI is InChI=1S/C16H19F2NO5S/c1-10(14(20)19-12-4-2-3-5-12)24-15(21)11-6-8-13(9-7-11)25(22,23)16(17)18/h6-10,12,16H,2-5H2,1H3,(H,19,20)/t10-/m0/s1. The zero-order chi connectivity index (χ0) is 18.6. The number of halogens is 2. The maximum Gasteiger partial charge on any atom is 0.341 e. The molecule has 1 saturated carbocycles. The summed E-state index contributed by atoms with van der Waals surface area (Å²) in [5.41, 5.74) is -0.0336. The monoisotopic (exact) mass is 375 g/mol. The average molecular weight is 375 g/mol. The summed E-state index contributed by atoms with van der Waals surface area (Å²) in [5, 5.41) is 2.80. The van der Waals surface area contributed by atoms with Crippen molar-refractivity contribution < 1.29 is 31.5 Å². The lowest BCUT2D eigenvalue weighted by molar-refractivity contribution is -0.129. The third-order valence-corrected chi connectivity index (χ3v) is 5.41. The van der Waals surface area contributed by atoms with Gasteiger partial charge < -0.3 is 10.1 Å². The molecule has 2 rings (SSSR count). The molecule has 25 heavy (non-hydrogen) atoms. The Labute approximate surface area is 144 Å². The van der Waals surface area contributed by atoms with Gasteiger partial charge in [-0.25, -0.2) is 13.2 Å². The molecule has 0 saturated heterocycles. The second-order valence-electron chi connectivity index (χ2n) is 5.87. The first kappa shape index (κ1) is 19.3. The Balaban J connectivity index is 1.97. The van der Waals surface area contributed by atoms with E-state index in [2.05, 4.69) is 5.32 Å². The van der Waals surface area contributed by atoms with E-state index < -0.39 is 38.5 Å². The third-order valence-electron chi connectivity index (χ3n) is 4.01. The highest BCUT2D eigenvalue weighted by molar-refractivity contribution is 7.91. The molecule has 9 heteroatoms. The van der Waals surface area contributed by atoms with Crippen molar-refractivity contribution in [2.45, 2.75) is 55.4 Å². The first-order valence-corrected chi connectivity index (χ1v) is 9.40. The predicted octanol–water partition coefficient (Wildman–Crippen LogP) is 2.29. The first-order chi connectivity index (χ1) is 11.7. The summed E-state index contributed by atoms with van der Waals surface area (Å²) in [6.07, 6.45) is 2.87. The summed E-state index contributed by atoms with van der Waals surface area (Å²) in [4.78, 5) is 23.4. The van der Waals surface area contributed by atoms with Gasteiger partial charge in [-0.15, -0.1) is 0 Å². The van der Waals surface area contributed by atoms with E-state index in [4.69, 9.17) is 4.74 Å². The normalized spacial score (nSPS) is 16.6. The second kappa shape index (κ2) is 7.90. The lowest BCUT2D eigenvalue weighted by Gasteiger charge is -2.17. The number of nitrogens with one attached hydrogen (secondary N) is 1. The van der Waals surface area contributed by atoms with Crippen molar-refractivity contribution in [2.75, 3.05) is 0 Å². The van der Waals surface area contributed by atoms with Gasteiger partial charge in [0.05, 0.1) is 10.5 Å². The fourth-order valence-corrected chi connectivity index (χ4v) is 3.28. The maximum atomic E-state index is 12.5. The summed E-state index contributed by atoms with van der Waals surface area (Å²) in [6, 6.07) is 4.04. The molecule has 0 aliphatic heterocycles. The molecule has 0 spiro atoms. The summed E-state index contributed by atoms with van der Waals surface area (Å²) >= 11 is 0. The van der Waals surface area contributed by atoms with Gasteiger partial charge in [0.15, 0.2) is 6.10 Å². The molecule has 0 aromatic heterocycles. The minimum Gasteiger partial charge on any atom is -0.449 e. The van der Waals surface area contributed by atoms with Gasteiger partial charge in [-0.2, -0.15) is 8.78 Å². The van der Waals surface area contributed by atoms with Crippen LogP contribution in [0.5, 0.6) is 0 Å². The summed E-state index contributed by atoms with van der Waals surface area (Å²) in [5.74, 6) is -4.78. The zero-order valence-electron chi connectivity index (χ0n) is 13.6. The quantitative estimate of drug-likeness (QED) is 0.771. The van der Waals surface area contributed by atoms with E-state index in [-0.39, 0.29) is 11.6 Å². The Kier molecular flexibility index (Phi) is 6.10. The van der Waals surface area contributed by atoms with E-state index in [1.54, 1.807) is 0 Å². The van der Waals surface area contributed by atoms with E-state index >= 15 is 0 Å². The third kappa shape index (κ3) is 4.75. The Bertz CT molecular complexity index is 727. The van der Waals surface area contributed by atoms with Crippen LogP contribution in [0.25, 0.3) is 0 Å². The lowest BCUT2D eigenvalue weighted by atomic mass is 10.2. The number of rotatable bonds is 6. The fourth-order valence-electron chi connectivity index (χ4n) is 2.55. The number of alkyl halides is 2. The van der Waals surface area contributed by atoms with Gasteiger partial charge in [-0.05, 0) is 44.0 Å². The van der Waals surface area contributed by atoms with Gasteiger partial charge in [0.1, 0.15) is 0 Å². The molecule has 0 radical (unpaired) electrons. The number of benzene rings is 1. The van der Waals surface area contributed by atoms with Gasteiger partial charge in [-0.1, -0.05) is 12.8 Å². The largest absolute Gasteiger partial charge is 0.449 e. The number of carbonyl (C=O) groups excluding carboxylic acids is 2. The molecule has 6 nitrogen and oxygen atoms in total. The molecule has 1 aromatic carbocycles. The van der Waals surface area contributed by atoms with Crippen LogP contribution < -0.4 is 5.32 Å². The van der Waals surface area contributed by atoms with Gasteiger partial charge in [0, 0.05) is 6.04 Å². The Morgan fingerprint density at radius 2 is 1.72 bits per heavy atom. The summed E-state index contributed by atoms with van der Waals surface area (Å²) in [7, 11) is -4.72. The van der Waals surface area contributed by atoms with E-state index in [0.717, 1.165) is 49.9 Å². The number of ether oxygens (including phenoxy) is 1. The highest BCUT2D eigenvalue weighted by Gasteiger charge is 2.27. The number of carbonyl (C=O) groups is 2. The molecule has 138 valence electrons. The van der Waals surface area contributed by atoms with Gasteiger partial charge in [0.2, 0.25) is 9.84 Å². The molecule has 0 heterocycles. The van der Waals surface area contributed by atoms with Gasteiger partial charge in [0.25, 0.3) is 5.91 Å². The van der Waals surface area contributed by atoms with E-state index in [0.29, 0.717) is 0 Å². The maximum absolute atomic E-state index is 12.5. The molecule has 1 N–H and O–H groups in total. The average Bonchev–Trinajstić information content (AvgIpc) is 3.07. The van der Waals surface area contributed by atoms with Crippen LogP contribution in [-0.2, 0) is 19.4 Å². The number of amides is 1. The topological polar surface area (TPSA) is 89.5 Å². The van der Waals surface area contributed by atoms with Crippen LogP contribution in [0, 0.1) is 0 Å². The second-order valence-corrected chi connectivity index (χ2v) is 7.79. The fraction of sp³-hybridized carbons (Fsp3) is 0.500. The SMILES string of the molecule is C[C@H](OC(=O)c1ccc(S(=O)(=O)C(F)F)cc1)C(=O)NC1CCCC1. The Morgan fingerprint density at radius 3 is 2.24 bits per heavy atom. The van der Waals surface area contributed by atoms with Crippen molar-refractivity contribution >= 4 is 21.7 Å². The number of sulfone groups is 1. The number of hydrogen-bond donors (Lipinski definition) is 1. The molecule has 1 aliphatic carbocycles. The minimum atomic E-state index is -4.72. The molecule has 0 unspecified atom stereocenters. The zero-order valence-corrected chi connectivity index (χ0v) is 14.4. The number of esters is 1. The van der Waals surface area contributed by atoms with Crippen LogP contribution in [0.15, 0.2) is 29.2 Å².